The molecule has 0 saturated heterocycles. The van der Waals surface area contributed by atoms with Crippen LogP contribution in [-0.4, -0.2) is 17.1 Å². The van der Waals surface area contributed by atoms with Crippen LogP contribution in [0.5, 0.6) is 0 Å². The second-order valence-corrected chi connectivity index (χ2v) is 5.33. The Bertz CT molecular complexity index is 658. The van der Waals surface area contributed by atoms with E-state index >= 15 is 0 Å². The molecular formula is C14H13FN2O3S. The van der Waals surface area contributed by atoms with Gasteiger partial charge in [-0.2, -0.15) is 0 Å². The van der Waals surface area contributed by atoms with E-state index in [9.17, 15) is 14.0 Å². The molecule has 2 amide bonds. The van der Waals surface area contributed by atoms with Crippen LogP contribution in [0.15, 0.2) is 35.7 Å². The van der Waals surface area contributed by atoms with Crippen molar-refractivity contribution in [1.29, 1.82) is 0 Å². The van der Waals surface area contributed by atoms with Gasteiger partial charge < -0.3 is 15.7 Å². The number of halogens is 1. The number of aryl methyl sites for hydroxylation is 1. The Morgan fingerprint density at radius 1 is 1.33 bits per heavy atom. The van der Waals surface area contributed by atoms with Crippen molar-refractivity contribution in [3.63, 3.8) is 0 Å². The van der Waals surface area contributed by atoms with Gasteiger partial charge in [-0.15, -0.1) is 11.3 Å². The summed E-state index contributed by atoms with van der Waals surface area (Å²) in [7, 11) is 0. The lowest BCUT2D eigenvalue weighted by molar-refractivity contribution is -0.139. The summed E-state index contributed by atoms with van der Waals surface area (Å²) in [5.74, 6) is -1.61. The van der Waals surface area contributed by atoms with Crippen molar-refractivity contribution in [2.75, 3.05) is 5.32 Å². The normalized spacial score (nSPS) is 11.7. The van der Waals surface area contributed by atoms with Gasteiger partial charge in [-0.1, -0.05) is 12.1 Å². The number of urea groups is 1. The van der Waals surface area contributed by atoms with Gasteiger partial charge in [0.15, 0.2) is 6.04 Å². The largest absolute Gasteiger partial charge is 0.479 e. The third kappa shape index (κ3) is 3.79. The fourth-order valence-electron chi connectivity index (χ4n) is 1.68. The standard InChI is InChI=1S/C14H13FN2O3S/c1-8-4-5-9(7-10(8)15)16-14(20)17-12(13(18)19)11-3-2-6-21-11/h2-7,12H,1H3,(H,18,19)(H2,16,17,20). The fourth-order valence-corrected chi connectivity index (χ4v) is 2.45. The van der Waals surface area contributed by atoms with Gasteiger partial charge in [-0.3, -0.25) is 0 Å². The number of carbonyl (C=O) groups excluding carboxylic acids is 1. The van der Waals surface area contributed by atoms with E-state index in [0.29, 0.717) is 10.4 Å². The highest BCUT2D eigenvalue weighted by Gasteiger charge is 2.23. The molecule has 0 aliphatic heterocycles. The fraction of sp³-hybridized carbons (Fsp3) is 0.143. The zero-order valence-corrected chi connectivity index (χ0v) is 11.9. The Morgan fingerprint density at radius 2 is 2.10 bits per heavy atom. The van der Waals surface area contributed by atoms with E-state index in [0.717, 1.165) is 0 Å². The van der Waals surface area contributed by atoms with Crippen molar-refractivity contribution in [2.45, 2.75) is 13.0 Å². The predicted molar refractivity (Wildman–Crippen MR) is 78.0 cm³/mol. The molecule has 5 nitrogen and oxygen atoms in total. The molecule has 1 atom stereocenters. The Balaban J connectivity index is 2.06. The minimum Gasteiger partial charge on any atom is -0.479 e. The molecule has 0 radical (unpaired) electrons. The van der Waals surface area contributed by atoms with Crippen LogP contribution in [0.25, 0.3) is 0 Å². The van der Waals surface area contributed by atoms with Crippen molar-refractivity contribution in [2.24, 2.45) is 0 Å². The lowest BCUT2D eigenvalue weighted by Gasteiger charge is -2.14. The number of hydrogen-bond acceptors (Lipinski definition) is 3. The predicted octanol–water partition coefficient (Wildman–Crippen LogP) is 3.14. The molecule has 7 heteroatoms. The summed E-state index contributed by atoms with van der Waals surface area (Å²) in [6, 6.07) is 5.72. The summed E-state index contributed by atoms with van der Waals surface area (Å²) in [6.07, 6.45) is 0. The van der Waals surface area contributed by atoms with E-state index in [1.807, 2.05) is 0 Å². The molecule has 1 aromatic heterocycles. The summed E-state index contributed by atoms with van der Waals surface area (Å²) in [4.78, 5) is 23.5. The van der Waals surface area contributed by atoms with Gasteiger partial charge in [0.2, 0.25) is 0 Å². The maximum absolute atomic E-state index is 13.4. The van der Waals surface area contributed by atoms with Gasteiger partial charge in [-0.05, 0) is 36.1 Å². The minimum atomic E-state index is -1.16. The number of thiophene rings is 1. The van der Waals surface area contributed by atoms with Gasteiger partial charge in [0.05, 0.1) is 0 Å². The zero-order valence-electron chi connectivity index (χ0n) is 11.1. The highest BCUT2D eigenvalue weighted by molar-refractivity contribution is 7.10. The third-order valence-electron chi connectivity index (χ3n) is 2.78. The summed E-state index contributed by atoms with van der Waals surface area (Å²) in [5.41, 5.74) is 0.717. The van der Waals surface area contributed by atoms with E-state index in [1.54, 1.807) is 30.5 Å². The molecule has 0 fully saturated rings. The maximum Gasteiger partial charge on any atom is 0.331 e. The molecule has 3 N–H and O–H groups in total. The number of carbonyl (C=O) groups is 2. The second-order valence-electron chi connectivity index (χ2n) is 4.35. The number of anilines is 1. The topological polar surface area (TPSA) is 78.4 Å². The van der Waals surface area contributed by atoms with Crippen LogP contribution in [0.1, 0.15) is 16.5 Å². The Hall–Kier alpha value is -2.41. The maximum atomic E-state index is 13.4. The molecule has 2 rings (SSSR count). The average molecular weight is 308 g/mol. The van der Waals surface area contributed by atoms with Gasteiger partial charge in [0, 0.05) is 10.6 Å². The first-order chi connectivity index (χ1) is 9.97. The van der Waals surface area contributed by atoms with Gasteiger partial charge in [-0.25, -0.2) is 14.0 Å². The van der Waals surface area contributed by atoms with Crippen LogP contribution in [0.4, 0.5) is 14.9 Å². The monoisotopic (exact) mass is 308 g/mol. The van der Waals surface area contributed by atoms with Crippen LogP contribution in [0.3, 0.4) is 0 Å². The molecule has 0 aliphatic carbocycles. The van der Waals surface area contributed by atoms with Crippen LogP contribution in [0, 0.1) is 12.7 Å². The van der Waals surface area contributed by atoms with Crippen LogP contribution < -0.4 is 10.6 Å². The van der Waals surface area contributed by atoms with E-state index in [4.69, 9.17) is 5.11 Å². The number of carboxylic acids is 1. The highest BCUT2D eigenvalue weighted by Crippen LogP contribution is 2.19. The molecule has 110 valence electrons. The SMILES string of the molecule is Cc1ccc(NC(=O)NC(C(=O)O)c2cccs2)cc1F. The van der Waals surface area contributed by atoms with Crippen molar-refractivity contribution >= 4 is 29.0 Å². The summed E-state index contributed by atoms with van der Waals surface area (Å²) in [6.45, 7) is 1.61. The van der Waals surface area contributed by atoms with E-state index in [2.05, 4.69) is 10.6 Å². The van der Waals surface area contributed by atoms with E-state index < -0.39 is 23.9 Å². The number of benzene rings is 1. The Labute approximate surface area is 124 Å². The first-order valence-electron chi connectivity index (χ1n) is 6.07. The van der Waals surface area contributed by atoms with Gasteiger partial charge >= 0.3 is 12.0 Å². The molecule has 1 unspecified atom stereocenters. The summed E-state index contributed by atoms with van der Waals surface area (Å²) in [5, 5.41) is 15.6. The molecule has 1 aromatic carbocycles. The molecule has 0 spiro atoms. The highest BCUT2D eigenvalue weighted by atomic mass is 32.1. The number of carboxylic acid groups (broad SMARTS) is 1. The summed E-state index contributed by atoms with van der Waals surface area (Å²) >= 11 is 1.23. The van der Waals surface area contributed by atoms with Crippen molar-refractivity contribution in [1.82, 2.24) is 5.32 Å². The van der Waals surface area contributed by atoms with Crippen LogP contribution in [0.2, 0.25) is 0 Å². The molecule has 0 aliphatic rings. The summed E-state index contributed by atoms with van der Waals surface area (Å²) < 4.78 is 13.4. The Morgan fingerprint density at radius 3 is 2.67 bits per heavy atom. The molecule has 1 heterocycles. The first kappa shape index (κ1) is 15.0. The number of rotatable bonds is 4. The van der Waals surface area contributed by atoms with Gasteiger partial charge in [0.25, 0.3) is 0 Å². The smallest absolute Gasteiger partial charge is 0.331 e. The molecule has 0 saturated carbocycles. The van der Waals surface area contributed by atoms with Crippen LogP contribution in [-0.2, 0) is 4.79 Å². The third-order valence-corrected chi connectivity index (χ3v) is 3.72. The number of hydrogen-bond donors (Lipinski definition) is 3. The molecule has 2 aromatic rings. The Kier molecular flexibility index (Phi) is 4.54. The van der Waals surface area contributed by atoms with E-state index in [1.165, 1.54) is 23.5 Å². The van der Waals surface area contributed by atoms with Crippen molar-refractivity contribution in [3.05, 3.63) is 52.0 Å². The number of nitrogens with one attached hydrogen (secondary N) is 2. The molecule has 21 heavy (non-hydrogen) atoms. The molecular weight excluding hydrogens is 295 g/mol. The van der Waals surface area contributed by atoms with Gasteiger partial charge in [0.1, 0.15) is 5.82 Å². The lowest BCUT2D eigenvalue weighted by atomic mass is 10.2. The van der Waals surface area contributed by atoms with Crippen molar-refractivity contribution < 1.29 is 19.1 Å². The van der Waals surface area contributed by atoms with Crippen molar-refractivity contribution in [3.8, 4) is 0 Å². The van der Waals surface area contributed by atoms with Crippen LogP contribution >= 0.6 is 11.3 Å². The molecule has 0 bridgehead atoms. The minimum absolute atomic E-state index is 0.255. The first-order valence-corrected chi connectivity index (χ1v) is 6.95. The zero-order chi connectivity index (χ0) is 15.4. The lowest BCUT2D eigenvalue weighted by Crippen LogP contribution is -2.36. The number of aliphatic carboxylic acids is 1. The van der Waals surface area contributed by atoms with E-state index in [-0.39, 0.29) is 5.69 Å². The second kappa shape index (κ2) is 6.36. The quantitative estimate of drug-likeness (QED) is 0.812. The number of amides is 2. The average Bonchev–Trinajstić information content (AvgIpc) is 2.93.